The molecule has 0 atom stereocenters. The van der Waals surface area contributed by atoms with E-state index in [0.29, 0.717) is 0 Å². The van der Waals surface area contributed by atoms with Gasteiger partial charge < -0.3 is 4.79 Å². The molecule has 0 aromatic carbocycles. The van der Waals surface area contributed by atoms with Crippen molar-refractivity contribution in [1.82, 2.24) is 0 Å². The second-order valence-corrected chi connectivity index (χ2v) is 3.12. The van der Waals surface area contributed by atoms with E-state index < -0.39 is 25.9 Å². The van der Waals surface area contributed by atoms with Gasteiger partial charge in [0, 0.05) is 0 Å². The van der Waals surface area contributed by atoms with Crippen LogP contribution in [0.5, 0.6) is 0 Å². The summed E-state index contributed by atoms with van der Waals surface area (Å²) in [5, 5.41) is 0. The summed E-state index contributed by atoms with van der Waals surface area (Å²) in [5.74, 6) is 0. The van der Waals surface area contributed by atoms with E-state index in [0.717, 1.165) is 0 Å². The van der Waals surface area contributed by atoms with E-state index in [1.54, 1.807) is 0 Å². The Hall–Kier alpha value is 2.70. The van der Waals surface area contributed by atoms with Crippen LogP contribution in [0.15, 0.2) is 0 Å². The van der Waals surface area contributed by atoms with Gasteiger partial charge in [-0.3, -0.25) is 0 Å². The minimum atomic E-state index is -5.62. The number of carbonyl (C=O) groups excluding carboxylic acids is 1. The molecule has 0 heterocycles. The molecule has 0 rings (SSSR count). The van der Waals surface area contributed by atoms with Crippen molar-refractivity contribution in [2.24, 2.45) is 0 Å². The van der Waals surface area contributed by atoms with Crippen LogP contribution in [0.2, 0.25) is 0 Å². The molecule has 13 heteroatoms. The van der Waals surface area contributed by atoms with E-state index in [2.05, 4.69) is 0 Å². The number of hydrogen-bond donors (Lipinski definition) is 0. The molecule has 14 heavy (non-hydrogen) atoms. The molecule has 0 unspecified atom stereocenters. The van der Waals surface area contributed by atoms with E-state index in [1.165, 1.54) is 0 Å². The molecule has 0 aliphatic heterocycles. The summed E-state index contributed by atoms with van der Waals surface area (Å²) in [6.07, 6.45) is 0. The van der Waals surface area contributed by atoms with Crippen molar-refractivity contribution in [1.29, 1.82) is 0 Å². The second kappa shape index (κ2) is 15.7. The van der Waals surface area contributed by atoms with Crippen molar-refractivity contribution in [3.05, 3.63) is 0 Å². The van der Waals surface area contributed by atoms with Crippen molar-refractivity contribution >= 4 is 6.79 Å². The SMILES string of the molecule is C=O.[K+].[K+].[O]=[Mn](=[O])(=[O])[O-].[O]=[Mn](=[O])(=[O])[O-]. The van der Waals surface area contributed by atoms with Gasteiger partial charge in [-0.15, -0.1) is 0 Å². The van der Waals surface area contributed by atoms with Crippen molar-refractivity contribution < 1.29 is 165 Å². The molecule has 0 spiro atoms. The van der Waals surface area contributed by atoms with Crippen LogP contribution in [0.25, 0.3) is 0 Å². The summed E-state index contributed by atoms with van der Waals surface area (Å²) in [6, 6.07) is 0. The number of rotatable bonds is 0. The van der Waals surface area contributed by atoms with Gasteiger partial charge in [0.25, 0.3) is 0 Å². The third kappa shape index (κ3) is 378. The molecule has 0 aromatic rings. The normalized spacial score (nSPS) is 8.43. The van der Waals surface area contributed by atoms with Crippen molar-refractivity contribution in [2.75, 3.05) is 0 Å². The Labute approximate surface area is 167 Å². The van der Waals surface area contributed by atoms with Crippen molar-refractivity contribution in [2.45, 2.75) is 0 Å². The molecular formula is CH2K2Mn2O9. The molecule has 0 fully saturated rings. The predicted octanol–water partition coefficient (Wildman–Crippen LogP) is -9.27. The molecule has 0 aliphatic rings. The van der Waals surface area contributed by atoms with E-state index in [-0.39, 0.29) is 103 Å². The molecule has 0 amide bonds. The molecule has 9 nitrogen and oxygen atoms in total. The predicted molar refractivity (Wildman–Crippen MR) is 11.2 cm³/mol. The minimum absolute atomic E-state index is 0. The van der Waals surface area contributed by atoms with Gasteiger partial charge in [0.2, 0.25) is 0 Å². The Bertz CT molecular complexity index is 319. The Morgan fingerprint density at radius 1 is 0.643 bits per heavy atom. The average molecular weight is 346 g/mol. The Morgan fingerprint density at radius 3 is 0.643 bits per heavy atom. The first kappa shape index (κ1) is 30.1. The quantitative estimate of drug-likeness (QED) is 0.387. The summed E-state index contributed by atoms with van der Waals surface area (Å²) >= 11 is -11.2. The van der Waals surface area contributed by atoms with Crippen LogP contribution in [0.1, 0.15) is 0 Å². The molecule has 0 radical (unpaired) electrons. The zero-order chi connectivity index (χ0) is 11.0. The summed E-state index contributed by atoms with van der Waals surface area (Å²) in [4.78, 5) is 8.00. The Balaban J connectivity index is -0.0000000292. The van der Waals surface area contributed by atoms with Crippen LogP contribution in [0, 0.1) is 0 Å². The standard InChI is InChI=1S/CH2O.2K.2Mn.8O/c1-2;;;;;;;;;;;;/h1H2;;;;;;;;;;;;/q;2*+1;;;;;;;;;2*-1. The molecule has 0 N–H and O–H groups in total. The monoisotopic (exact) mass is 346 g/mol. The molecule has 76 valence electrons. The van der Waals surface area contributed by atoms with Crippen molar-refractivity contribution in [3.8, 4) is 0 Å². The molecule has 0 saturated heterocycles. The van der Waals surface area contributed by atoms with Crippen LogP contribution in [-0.4, -0.2) is 6.79 Å². The molecule has 0 bridgehead atoms. The summed E-state index contributed by atoms with van der Waals surface area (Å²) in [7, 11) is 0. The topological polar surface area (TPSA) is 166 Å². The zero-order valence-electron chi connectivity index (χ0n) is 7.14. The maximum atomic E-state index is 8.58. The van der Waals surface area contributed by atoms with Gasteiger partial charge in [-0.05, 0) is 0 Å². The van der Waals surface area contributed by atoms with E-state index >= 15 is 0 Å². The molecule has 0 aliphatic carbocycles. The average Bonchev–Trinajstić information content (AvgIpc) is 1.59. The van der Waals surface area contributed by atoms with Crippen LogP contribution >= 0.6 is 0 Å². The van der Waals surface area contributed by atoms with E-state index in [4.69, 9.17) is 36.2 Å². The summed E-state index contributed by atoms with van der Waals surface area (Å²) in [5.41, 5.74) is 0. The van der Waals surface area contributed by atoms with Gasteiger partial charge in [0.05, 0.1) is 0 Å². The van der Waals surface area contributed by atoms with Crippen molar-refractivity contribution in [3.63, 3.8) is 0 Å². The third-order valence-corrected chi connectivity index (χ3v) is 0. The van der Waals surface area contributed by atoms with Gasteiger partial charge in [0.1, 0.15) is 6.79 Å². The first-order chi connectivity index (χ1) is 5.00. The van der Waals surface area contributed by atoms with Crippen LogP contribution in [0.4, 0.5) is 0 Å². The maximum absolute atomic E-state index is 8.58. The Kier molecular flexibility index (Phi) is 33.7. The third-order valence-electron chi connectivity index (χ3n) is 0. The summed E-state index contributed by atoms with van der Waals surface area (Å²) in [6.45, 7) is 2.00. The first-order valence-corrected chi connectivity index (χ1v) is 5.38. The van der Waals surface area contributed by atoms with Crippen LogP contribution in [-0.2, 0) is 53.7 Å². The molecule has 0 saturated carbocycles. The van der Waals surface area contributed by atoms with Gasteiger partial charge >= 0.3 is 160 Å². The number of hydrogen-bond acceptors (Lipinski definition) is 9. The van der Waals surface area contributed by atoms with Gasteiger partial charge in [-0.2, -0.15) is 0 Å². The van der Waals surface area contributed by atoms with Gasteiger partial charge in [0.15, 0.2) is 0 Å². The van der Waals surface area contributed by atoms with Gasteiger partial charge in [-0.1, -0.05) is 0 Å². The number of carbonyl (C=O) groups is 1. The fourth-order valence-electron chi connectivity index (χ4n) is 0. The molecular weight excluding hydrogens is 344 g/mol. The van der Waals surface area contributed by atoms with Gasteiger partial charge in [-0.25, -0.2) is 0 Å². The second-order valence-electron chi connectivity index (χ2n) is 0.756. The van der Waals surface area contributed by atoms with Crippen LogP contribution < -0.4 is 111 Å². The van der Waals surface area contributed by atoms with E-state index in [1.807, 2.05) is 6.79 Å². The fraction of sp³-hybridized carbons (Fsp3) is 0. The van der Waals surface area contributed by atoms with Crippen LogP contribution in [0.3, 0.4) is 0 Å². The first-order valence-electron chi connectivity index (χ1n) is 1.52. The molecule has 0 aromatic heterocycles. The summed E-state index contributed by atoms with van der Waals surface area (Å²) < 4.78 is 68.6. The fourth-order valence-corrected chi connectivity index (χ4v) is 0. The zero-order valence-corrected chi connectivity index (χ0v) is 15.7. The van der Waals surface area contributed by atoms with E-state index in [9.17, 15) is 0 Å². The Morgan fingerprint density at radius 2 is 0.643 bits per heavy atom.